The summed E-state index contributed by atoms with van der Waals surface area (Å²) < 4.78 is 21.9. The first kappa shape index (κ1) is 8.54. The van der Waals surface area contributed by atoms with E-state index in [0.717, 1.165) is 25.5 Å². The van der Waals surface area contributed by atoms with Crippen LogP contribution >= 0.6 is 0 Å². The SMILES string of the molecule is CS(=O)(=O)C(C#N)C1CCC1. The second-order valence-electron chi connectivity index (χ2n) is 3.07. The lowest BCUT2D eigenvalue weighted by molar-refractivity contribution is 0.323. The van der Waals surface area contributed by atoms with Crippen LogP contribution in [0.1, 0.15) is 19.3 Å². The van der Waals surface area contributed by atoms with E-state index < -0.39 is 15.1 Å². The minimum atomic E-state index is -3.14. The van der Waals surface area contributed by atoms with Gasteiger partial charge in [-0.05, 0) is 18.8 Å². The molecular formula is C7H11NO2S. The molecule has 1 saturated carbocycles. The van der Waals surface area contributed by atoms with Gasteiger partial charge in [-0.2, -0.15) is 5.26 Å². The van der Waals surface area contributed by atoms with Crippen LogP contribution in [0.15, 0.2) is 0 Å². The third-order valence-electron chi connectivity index (χ3n) is 2.17. The molecule has 62 valence electrons. The molecule has 0 aromatic rings. The Kier molecular flexibility index (Phi) is 2.19. The van der Waals surface area contributed by atoms with E-state index in [2.05, 4.69) is 0 Å². The van der Waals surface area contributed by atoms with Crippen molar-refractivity contribution in [2.45, 2.75) is 24.5 Å². The van der Waals surface area contributed by atoms with E-state index in [1.165, 1.54) is 0 Å². The lowest BCUT2D eigenvalue weighted by Crippen LogP contribution is -2.32. The molecule has 0 spiro atoms. The van der Waals surface area contributed by atoms with Crippen molar-refractivity contribution in [2.24, 2.45) is 5.92 Å². The predicted octanol–water partition coefficient (Wildman–Crippen LogP) is 0.723. The molecule has 4 heteroatoms. The average molecular weight is 173 g/mol. The van der Waals surface area contributed by atoms with Crippen LogP contribution in [0.3, 0.4) is 0 Å². The smallest absolute Gasteiger partial charge is 0.163 e. The monoisotopic (exact) mass is 173 g/mol. The number of hydrogen-bond acceptors (Lipinski definition) is 3. The molecule has 11 heavy (non-hydrogen) atoms. The van der Waals surface area contributed by atoms with E-state index >= 15 is 0 Å². The maximum absolute atomic E-state index is 11.0. The van der Waals surface area contributed by atoms with Crippen LogP contribution < -0.4 is 0 Å². The zero-order chi connectivity index (χ0) is 8.48. The summed E-state index contributed by atoms with van der Waals surface area (Å²) in [4.78, 5) is 0. The molecule has 0 radical (unpaired) electrons. The average Bonchev–Trinajstić information content (AvgIpc) is 1.74. The molecule has 3 nitrogen and oxygen atoms in total. The van der Waals surface area contributed by atoms with Gasteiger partial charge in [0.05, 0.1) is 6.07 Å². The fourth-order valence-corrected chi connectivity index (χ4v) is 2.46. The van der Waals surface area contributed by atoms with Crippen LogP contribution in [0.5, 0.6) is 0 Å². The Balaban J connectivity index is 2.73. The van der Waals surface area contributed by atoms with Gasteiger partial charge in [-0.25, -0.2) is 8.42 Å². The van der Waals surface area contributed by atoms with Crippen LogP contribution in [-0.4, -0.2) is 19.9 Å². The van der Waals surface area contributed by atoms with Crippen LogP contribution in [0.4, 0.5) is 0 Å². The van der Waals surface area contributed by atoms with Crippen molar-refractivity contribution in [3.8, 4) is 6.07 Å². The van der Waals surface area contributed by atoms with Gasteiger partial charge in [-0.3, -0.25) is 0 Å². The van der Waals surface area contributed by atoms with Gasteiger partial charge >= 0.3 is 0 Å². The number of sulfone groups is 1. The molecule has 1 atom stereocenters. The number of hydrogen-bond donors (Lipinski definition) is 0. The Morgan fingerprint density at radius 3 is 2.18 bits per heavy atom. The fraction of sp³-hybridized carbons (Fsp3) is 0.857. The third kappa shape index (κ3) is 1.72. The first-order chi connectivity index (χ1) is 5.05. The first-order valence-electron chi connectivity index (χ1n) is 3.64. The number of nitriles is 1. The lowest BCUT2D eigenvalue weighted by atomic mass is 9.83. The van der Waals surface area contributed by atoms with Crippen LogP contribution in [-0.2, 0) is 9.84 Å². The van der Waals surface area contributed by atoms with Crippen molar-refractivity contribution in [1.29, 1.82) is 5.26 Å². The molecule has 0 aromatic carbocycles. The Hall–Kier alpha value is -0.560. The van der Waals surface area contributed by atoms with Crippen LogP contribution in [0.25, 0.3) is 0 Å². The van der Waals surface area contributed by atoms with Crippen molar-refractivity contribution in [3.63, 3.8) is 0 Å². The summed E-state index contributed by atoms with van der Waals surface area (Å²) in [6.07, 6.45) is 3.99. The van der Waals surface area contributed by atoms with E-state index in [4.69, 9.17) is 5.26 Å². The summed E-state index contributed by atoms with van der Waals surface area (Å²) in [5.41, 5.74) is 0. The normalized spacial score (nSPS) is 21.8. The number of nitrogens with zero attached hydrogens (tertiary/aromatic N) is 1. The molecule has 1 aliphatic carbocycles. The summed E-state index contributed by atoms with van der Waals surface area (Å²) in [5.74, 6) is 0.106. The maximum atomic E-state index is 11.0. The zero-order valence-electron chi connectivity index (χ0n) is 6.45. The van der Waals surface area contributed by atoms with Gasteiger partial charge in [-0.1, -0.05) is 6.42 Å². The molecule has 0 N–H and O–H groups in total. The van der Waals surface area contributed by atoms with E-state index in [0.29, 0.717) is 0 Å². The Labute approximate surface area is 66.9 Å². The first-order valence-corrected chi connectivity index (χ1v) is 5.59. The van der Waals surface area contributed by atoms with E-state index in [9.17, 15) is 8.42 Å². The van der Waals surface area contributed by atoms with E-state index in [-0.39, 0.29) is 5.92 Å². The molecule has 0 aliphatic heterocycles. The Morgan fingerprint density at radius 2 is 2.09 bits per heavy atom. The molecule has 1 rings (SSSR count). The zero-order valence-corrected chi connectivity index (χ0v) is 7.26. The quantitative estimate of drug-likeness (QED) is 0.618. The molecule has 0 bridgehead atoms. The van der Waals surface area contributed by atoms with Crippen molar-refractivity contribution < 1.29 is 8.42 Å². The van der Waals surface area contributed by atoms with Crippen molar-refractivity contribution in [2.75, 3.05) is 6.26 Å². The highest BCUT2D eigenvalue weighted by atomic mass is 32.2. The lowest BCUT2D eigenvalue weighted by Gasteiger charge is -2.28. The van der Waals surface area contributed by atoms with Gasteiger partial charge in [-0.15, -0.1) is 0 Å². The highest BCUT2D eigenvalue weighted by Gasteiger charge is 2.34. The Morgan fingerprint density at radius 1 is 1.55 bits per heavy atom. The van der Waals surface area contributed by atoms with Crippen molar-refractivity contribution >= 4 is 9.84 Å². The summed E-state index contributed by atoms with van der Waals surface area (Å²) in [7, 11) is -3.14. The van der Waals surface area contributed by atoms with Gasteiger partial charge in [0.15, 0.2) is 15.1 Å². The van der Waals surface area contributed by atoms with Crippen molar-refractivity contribution in [1.82, 2.24) is 0 Å². The van der Waals surface area contributed by atoms with Crippen LogP contribution in [0, 0.1) is 17.2 Å². The minimum Gasteiger partial charge on any atom is -0.228 e. The standard InChI is InChI=1S/C7H11NO2S/c1-11(9,10)7(5-8)6-3-2-4-6/h6-7H,2-4H2,1H3. The third-order valence-corrected chi connectivity index (χ3v) is 3.58. The Bertz CT molecular complexity index is 271. The second-order valence-corrected chi connectivity index (χ2v) is 5.24. The van der Waals surface area contributed by atoms with Crippen LogP contribution in [0.2, 0.25) is 0 Å². The largest absolute Gasteiger partial charge is 0.228 e. The molecule has 1 aliphatic rings. The summed E-state index contributed by atoms with van der Waals surface area (Å²) in [6.45, 7) is 0. The highest BCUT2D eigenvalue weighted by molar-refractivity contribution is 7.91. The van der Waals surface area contributed by atoms with Gasteiger partial charge in [0.2, 0.25) is 0 Å². The molecule has 0 heterocycles. The molecule has 1 fully saturated rings. The summed E-state index contributed by atoms with van der Waals surface area (Å²) in [5, 5.41) is 7.81. The molecule has 0 saturated heterocycles. The fourth-order valence-electron chi connectivity index (χ4n) is 1.29. The molecule has 0 aromatic heterocycles. The molecule has 1 unspecified atom stereocenters. The van der Waals surface area contributed by atoms with Gasteiger partial charge in [0, 0.05) is 6.26 Å². The van der Waals surface area contributed by atoms with E-state index in [1.54, 1.807) is 0 Å². The molecule has 0 amide bonds. The summed E-state index contributed by atoms with van der Waals surface area (Å²) >= 11 is 0. The summed E-state index contributed by atoms with van der Waals surface area (Å²) in [6, 6.07) is 1.86. The van der Waals surface area contributed by atoms with Gasteiger partial charge in [0.1, 0.15) is 0 Å². The molecular weight excluding hydrogens is 162 g/mol. The van der Waals surface area contributed by atoms with E-state index in [1.807, 2.05) is 6.07 Å². The minimum absolute atomic E-state index is 0.106. The number of rotatable bonds is 2. The van der Waals surface area contributed by atoms with Crippen molar-refractivity contribution in [3.05, 3.63) is 0 Å². The second kappa shape index (κ2) is 2.82. The topological polar surface area (TPSA) is 57.9 Å². The highest BCUT2D eigenvalue weighted by Crippen LogP contribution is 2.32. The van der Waals surface area contributed by atoms with Gasteiger partial charge < -0.3 is 0 Å². The van der Waals surface area contributed by atoms with Gasteiger partial charge in [0.25, 0.3) is 0 Å². The predicted molar refractivity (Wildman–Crippen MR) is 41.6 cm³/mol. The maximum Gasteiger partial charge on any atom is 0.163 e.